The van der Waals surface area contributed by atoms with Crippen molar-refractivity contribution in [2.75, 3.05) is 50.8 Å². The summed E-state index contributed by atoms with van der Waals surface area (Å²) in [5.74, 6) is 0.335. The number of urea groups is 1. The summed E-state index contributed by atoms with van der Waals surface area (Å²) >= 11 is 22.5. The maximum atomic E-state index is 12.2. The molecule has 22 nitrogen and oxygen atoms in total. The van der Waals surface area contributed by atoms with Crippen molar-refractivity contribution >= 4 is 128 Å². The van der Waals surface area contributed by atoms with Crippen molar-refractivity contribution in [3.05, 3.63) is 359 Å². The summed E-state index contributed by atoms with van der Waals surface area (Å²) in [5, 5.41) is 14.8. The van der Waals surface area contributed by atoms with Gasteiger partial charge in [-0.05, 0) is 117 Å². The summed E-state index contributed by atoms with van der Waals surface area (Å²) in [6.07, 6.45) is 1.46. The second kappa shape index (κ2) is 67.8. The molecule has 0 aliphatic rings. The molecule has 0 fully saturated rings. The number of amides is 3. The van der Waals surface area contributed by atoms with Crippen LogP contribution in [0.3, 0.4) is 0 Å². The molecule has 14 aromatic rings. The molecule has 29 heteroatoms. The van der Waals surface area contributed by atoms with E-state index in [0.29, 0.717) is 17.3 Å². The number of nitrogen functional groups attached to an aromatic ring is 3. The van der Waals surface area contributed by atoms with Gasteiger partial charge in [-0.25, -0.2) is 9.59 Å². The number of aromatic nitrogens is 9. The van der Waals surface area contributed by atoms with Crippen LogP contribution in [0.1, 0.15) is 48.5 Å². The number of hydrogen-bond acceptors (Lipinski definition) is 19. The third-order valence-electron chi connectivity index (χ3n) is 13.5. The van der Waals surface area contributed by atoms with Gasteiger partial charge < -0.3 is 66.5 Å². The zero-order chi connectivity index (χ0) is 81.5. The second-order valence-corrected chi connectivity index (χ2v) is 22.6. The van der Waals surface area contributed by atoms with Crippen LogP contribution in [-0.2, 0) is 108 Å². The molecule has 3 heterocycles. The fourth-order valence-electron chi connectivity index (χ4n) is 9.06. The fraction of sp³-hybridized carbons (Fsp3) is 0.0899. The Hall–Kier alpha value is -10.2. The number of nitrogens with two attached hydrogens (primary N) is 4. The average molecular weight is 1890 g/mol. The monoisotopic (exact) mass is 1890 g/mol. The van der Waals surface area contributed by atoms with Crippen molar-refractivity contribution in [1.29, 1.82) is 0 Å². The van der Waals surface area contributed by atoms with Gasteiger partial charge in [0.05, 0.1) is 5.69 Å². The van der Waals surface area contributed by atoms with Gasteiger partial charge in [0.1, 0.15) is 0 Å². The van der Waals surface area contributed by atoms with Crippen molar-refractivity contribution < 1.29 is 113 Å². The number of anilines is 10. The summed E-state index contributed by atoms with van der Waals surface area (Å²) in [4.78, 5) is 69.0. The van der Waals surface area contributed by atoms with Crippen molar-refractivity contribution in [1.82, 2.24) is 44.9 Å². The largest absolute Gasteiger partial charge is 0.398 e. The zero-order valence-electron chi connectivity index (χ0n) is 67.8. The van der Waals surface area contributed by atoms with E-state index in [0.717, 1.165) is 44.9 Å². The van der Waals surface area contributed by atoms with Gasteiger partial charge >= 0.3 is 6.03 Å². The number of halogens is 4. The number of primary amides is 1. The standard InChI is InChI=1S/C22H17ClN6O.C15H12ClN5.C13H13N.C12H11N.C7H5NO.C6H6.C3H2Cl2N4.C2H5NO.3C2H6.3CH3.3Y/c23-19-26-20(25-18-14-8-7-13-17(18)15-9-3-1-4-10-15)28-21(27-19)29-22(30)24-16-11-5-2-6-12-16;16-13-19-14(17)21-15(20-13)18-12-9-5-4-8-11(12)10-6-2-1-3-7-10;1-14-13-10-6-5-9-12(13)11-7-3-2-4-8-11;13-12-9-5-4-8-11(12)10-6-2-1-3-7-10;9-6-8-7-4-2-1-3-5-7;1-2-4-6-5-3-1;4-1-7-2(5)9-3(6)8-1;1-2(3)4;3*1-2;;;;;;/h1-14H,(H3,24,25,26,27,28,29,30);1-9H,(H3,17,18,19,20,21);2-10,14H,1H3;1-9H,13H2;1-5H;1-6H;(H2,6,7,8,9);1H3,(H2,3,4);3*1-2H3;3*1H3;;;/q;;;;;;;;;;;3*-1;;;. The molecular weight excluding hydrogens is 1790 g/mol. The van der Waals surface area contributed by atoms with E-state index >= 15 is 0 Å². The maximum absolute atomic E-state index is 12.2. The van der Waals surface area contributed by atoms with E-state index < -0.39 is 6.03 Å². The quantitative estimate of drug-likeness (QED) is 0.0237. The molecule has 14 rings (SSSR count). The zero-order valence-corrected chi connectivity index (χ0v) is 79.3. The maximum Gasteiger partial charge on any atom is 0.326 e. The minimum atomic E-state index is -0.487. The Bertz CT molecular complexity index is 4920. The summed E-state index contributed by atoms with van der Waals surface area (Å²) in [6.45, 7) is 13.3. The van der Waals surface area contributed by atoms with Crippen LogP contribution in [0.2, 0.25) is 21.1 Å². The first-order valence-electron chi connectivity index (χ1n) is 35.0. The van der Waals surface area contributed by atoms with Gasteiger partial charge in [0, 0.05) is 163 Å². The number of nitrogens with zero attached hydrogens (tertiary/aromatic N) is 10. The van der Waals surface area contributed by atoms with E-state index in [1.165, 1.54) is 35.4 Å². The van der Waals surface area contributed by atoms with Crippen LogP contribution in [0.5, 0.6) is 0 Å². The first-order valence-corrected chi connectivity index (χ1v) is 36.5. The third-order valence-corrected chi connectivity index (χ3v) is 14.2. The molecule has 0 atom stereocenters. The van der Waals surface area contributed by atoms with Crippen LogP contribution < -0.4 is 49.5 Å². The first kappa shape index (κ1) is 112. The molecule has 118 heavy (non-hydrogen) atoms. The van der Waals surface area contributed by atoms with Crippen molar-refractivity contribution in [2.24, 2.45) is 10.7 Å². The number of carbonyl (C=O) groups excluding carboxylic acids is 3. The molecule has 0 saturated heterocycles. The second-order valence-electron chi connectivity index (χ2n) is 21.2. The van der Waals surface area contributed by atoms with E-state index in [2.05, 4.69) is 137 Å². The smallest absolute Gasteiger partial charge is 0.326 e. The Kier molecular flexibility index (Phi) is 64.4. The van der Waals surface area contributed by atoms with E-state index in [9.17, 15) is 14.4 Å². The van der Waals surface area contributed by atoms with Crippen LogP contribution >= 0.6 is 46.4 Å². The molecule has 11 aromatic carbocycles. The molecule has 0 bridgehead atoms. The molecule has 3 amide bonds. The summed E-state index contributed by atoms with van der Waals surface area (Å²) in [5.41, 5.74) is 34.9. The molecule has 3 radical (unpaired) electrons. The van der Waals surface area contributed by atoms with Gasteiger partial charge in [-0.3, -0.25) is 10.1 Å². The number of rotatable bonds is 12. The van der Waals surface area contributed by atoms with Gasteiger partial charge in [0.25, 0.3) is 0 Å². The number of isocyanates is 1. The Morgan fingerprint density at radius 3 is 0.966 bits per heavy atom. The molecule has 13 N–H and O–H groups in total. The van der Waals surface area contributed by atoms with E-state index in [1.54, 1.807) is 24.3 Å². The Labute approximate surface area is 790 Å². The summed E-state index contributed by atoms with van der Waals surface area (Å²) in [7, 11) is 1.95. The molecule has 3 aromatic heterocycles. The Morgan fingerprint density at radius 1 is 0.339 bits per heavy atom. The van der Waals surface area contributed by atoms with E-state index in [-0.39, 0.29) is 171 Å². The van der Waals surface area contributed by atoms with Crippen LogP contribution in [0, 0.1) is 22.3 Å². The Morgan fingerprint density at radius 2 is 0.610 bits per heavy atom. The number of carbonyl (C=O) groups is 2. The minimum Gasteiger partial charge on any atom is -0.398 e. The molecule has 0 saturated carbocycles. The van der Waals surface area contributed by atoms with Gasteiger partial charge in [-0.15, -0.1) is 0 Å². The number of aliphatic imine (C=N–C) groups is 1. The van der Waals surface area contributed by atoms with Crippen LogP contribution in [-0.4, -0.2) is 69.9 Å². The summed E-state index contributed by atoms with van der Waals surface area (Å²) < 4.78 is 0. The SMILES string of the molecule is CC.CC.CC.CC(N)=O.CNc1ccccc1-c1ccccc1.Nc1ccccc1-c1ccccc1.Nc1nc(Cl)nc(Cl)n1.Nc1nc(Cl)nc(Nc2ccccc2-c2ccccc2)n1.O=C(Nc1ccccc1)Nc1nc(Cl)nc(Nc2ccccc2-c2ccccc2)n1.O=C=Nc1ccccc1.[CH3-].[CH3-].[CH3-].[Y].[Y].[Y].c1ccccc1. The van der Waals surface area contributed by atoms with Gasteiger partial charge in [0.2, 0.25) is 62.9 Å². The summed E-state index contributed by atoms with van der Waals surface area (Å²) in [6, 6.07) is 102. The predicted octanol–water partition coefficient (Wildman–Crippen LogP) is 23.4. The van der Waals surface area contributed by atoms with Gasteiger partial charge in [-0.2, -0.15) is 49.8 Å². The predicted molar refractivity (Wildman–Crippen MR) is 484 cm³/mol. The number of benzene rings is 11. The van der Waals surface area contributed by atoms with Crippen molar-refractivity contribution in [3.8, 4) is 44.5 Å². The van der Waals surface area contributed by atoms with E-state index in [4.69, 9.17) is 63.6 Å². The van der Waals surface area contributed by atoms with E-state index in [1.807, 2.05) is 285 Å². The topological polar surface area (TPSA) is 344 Å². The van der Waals surface area contributed by atoms with Crippen molar-refractivity contribution in [2.45, 2.75) is 48.5 Å². The number of para-hydroxylation sites is 6. The fourth-order valence-corrected chi connectivity index (χ4v) is 9.76. The van der Waals surface area contributed by atoms with Crippen LogP contribution in [0.15, 0.2) is 320 Å². The molecule has 0 unspecified atom stereocenters. The first-order chi connectivity index (χ1) is 54.5. The Balaban J connectivity index is -0.00000133. The molecule has 0 spiro atoms. The minimum absolute atomic E-state index is 0. The van der Waals surface area contributed by atoms with Gasteiger partial charge in [-0.1, -0.05) is 308 Å². The van der Waals surface area contributed by atoms with Crippen LogP contribution in [0.4, 0.5) is 68.7 Å². The number of hydrogen-bond donors (Lipinski definition) is 9. The van der Waals surface area contributed by atoms with Gasteiger partial charge in [0.15, 0.2) is 0 Å². The molecule has 607 valence electrons. The molecule has 0 aliphatic carbocycles. The molecule has 0 aliphatic heterocycles. The molecular formula is C89H98Cl4N19O3Y3-3. The average Bonchev–Trinajstić information content (AvgIpc) is 0.832. The number of nitrogens with one attached hydrogen (secondary N) is 5. The van der Waals surface area contributed by atoms with Crippen LogP contribution in [0.25, 0.3) is 44.5 Å². The third kappa shape index (κ3) is 45.0. The van der Waals surface area contributed by atoms with Crippen molar-refractivity contribution in [3.63, 3.8) is 0 Å². The normalized spacial score (nSPS) is 8.81.